The van der Waals surface area contributed by atoms with Crippen molar-refractivity contribution >= 4 is 22.6 Å². The molecule has 0 spiro atoms. The molecule has 3 N–H and O–H groups in total. The van der Waals surface area contributed by atoms with Crippen LogP contribution in [-0.4, -0.2) is 37.4 Å². The lowest BCUT2D eigenvalue weighted by atomic mass is 9.96. The maximum Gasteiger partial charge on any atom is 0.159 e. The van der Waals surface area contributed by atoms with Crippen molar-refractivity contribution in [1.29, 1.82) is 0 Å². The minimum Gasteiger partial charge on any atom is -0.390 e. The summed E-state index contributed by atoms with van der Waals surface area (Å²) < 4.78 is 25.6. The molecule has 1 aromatic carbocycles. The molecule has 5 nitrogen and oxygen atoms in total. The van der Waals surface area contributed by atoms with Gasteiger partial charge in [-0.1, -0.05) is 17.7 Å². The number of nitrogens with zero attached hydrogens (tertiary/aromatic N) is 2. The van der Waals surface area contributed by atoms with Crippen molar-refractivity contribution in [1.82, 2.24) is 15.0 Å². The first-order valence-corrected chi connectivity index (χ1v) is 8.57. The highest BCUT2D eigenvalue weighted by atomic mass is 35.5. The largest absolute Gasteiger partial charge is 0.390 e. The number of fused-ring (bicyclic) bond motifs is 1. The van der Waals surface area contributed by atoms with Gasteiger partial charge >= 0.3 is 0 Å². The predicted octanol–water partition coefficient (Wildman–Crippen LogP) is 3.25. The summed E-state index contributed by atoms with van der Waals surface area (Å²) >= 11 is 5.73. The van der Waals surface area contributed by atoms with Crippen LogP contribution in [-0.2, 0) is 6.42 Å². The number of nitrogens with one attached hydrogen (secondary N) is 1. The highest BCUT2D eigenvalue weighted by Crippen LogP contribution is 2.29. The molecule has 1 aliphatic carbocycles. The number of benzene rings is 1. The van der Waals surface area contributed by atoms with Crippen LogP contribution in [0.1, 0.15) is 18.4 Å². The molecule has 0 radical (unpaired) electrons. The standard InChI is InChI=1S/C12H14F2O2.C6H4ClN3/c13-9-3-1-7(6-10(9)14)5-8-2-4-11(15)12(8)16;7-5-4-1-2-8-6(4)10-3-9-5/h1,3,6,8,11-12,15-16H,2,4-5H2;1-3H,(H,8,9,10). The Morgan fingerprint density at radius 3 is 2.58 bits per heavy atom. The monoisotopic (exact) mass is 381 g/mol. The zero-order valence-corrected chi connectivity index (χ0v) is 14.5. The van der Waals surface area contributed by atoms with E-state index in [4.69, 9.17) is 11.6 Å². The smallest absolute Gasteiger partial charge is 0.159 e. The first-order chi connectivity index (χ1) is 12.5. The highest BCUT2D eigenvalue weighted by molar-refractivity contribution is 6.33. The van der Waals surface area contributed by atoms with E-state index in [0.29, 0.717) is 30.0 Å². The third kappa shape index (κ3) is 4.17. The molecule has 3 aromatic rings. The average molecular weight is 382 g/mol. The third-order valence-corrected chi connectivity index (χ3v) is 4.80. The zero-order valence-electron chi connectivity index (χ0n) is 13.7. The molecule has 1 saturated carbocycles. The maximum atomic E-state index is 12.9. The Kier molecular flexibility index (Phi) is 5.80. The van der Waals surface area contributed by atoms with Crippen molar-refractivity contribution in [3.8, 4) is 0 Å². The van der Waals surface area contributed by atoms with Crippen molar-refractivity contribution in [2.45, 2.75) is 31.5 Å². The van der Waals surface area contributed by atoms with Gasteiger partial charge in [0.25, 0.3) is 0 Å². The Balaban J connectivity index is 0.000000167. The molecule has 1 fully saturated rings. The molecular formula is C18H18ClF2N3O2. The van der Waals surface area contributed by atoms with Crippen molar-refractivity contribution < 1.29 is 19.0 Å². The average Bonchev–Trinajstić information content (AvgIpc) is 3.22. The Hall–Kier alpha value is -2.09. The maximum absolute atomic E-state index is 12.9. The van der Waals surface area contributed by atoms with Crippen LogP contribution in [0.25, 0.3) is 11.0 Å². The molecule has 1 aliphatic rings. The van der Waals surface area contributed by atoms with E-state index in [1.165, 1.54) is 12.4 Å². The molecule has 0 aliphatic heterocycles. The van der Waals surface area contributed by atoms with Crippen molar-refractivity contribution in [3.05, 3.63) is 59.1 Å². The van der Waals surface area contributed by atoms with E-state index in [2.05, 4.69) is 15.0 Å². The molecule has 2 aromatic heterocycles. The summed E-state index contributed by atoms with van der Waals surface area (Å²) in [6.07, 6.45) is 3.52. The molecular weight excluding hydrogens is 364 g/mol. The lowest BCUT2D eigenvalue weighted by molar-refractivity contribution is 0.0207. The molecule has 26 heavy (non-hydrogen) atoms. The summed E-state index contributed by atoms with van der Waals surface area (Å²) in [5.74, 6) is -1.80. The van der Waals surface area contributed by atoms with E-state index in [1.54, 1.807) is 6.20 Å². The van der Waals surface area contributed by atoms with Crippen LogP contribution in [0.3, 0.4) is 0 Å². The van der Waals surface area contributed by atoms with Gasteiger partial charge in [0, 0.05) is 6.20 Å². The molecule has 0 bridgehead atoms. The summed E-state index contributed by atoms with van der Waals surface area (Å²) in [5.41, 5.74) is 1.43. The number of hydrogen-bond donors (Lipinski definition) is 3. The lowest BCUT2D eigenvalue weighted by Gasteiger charge is -2.16. The minimum atomic E-state index is -0.870. The van der Waals surface area contributed by atoms with Crippen LogP contribution in [0, 0.1) is 17.6 Å². The first-order valence-electron chi connectivity index (χ1n) is 8.19. The van der Waals surface area contributed by atoms with Gasteiger partial charge in [0.1, 0.15) is 17.1 Å². The summed E-state index contributed by atoms with van der Waals surface area (Å²) in [5, 5.41) is 20.3. The molecule has 4 rings (SSSR count). The summed E-state index contributed by atoms with van der Waals surface area (Å²) in [4.78, 5) is 10.7. The van der Waals surface area contributed by atoms with Gasteiger partial charge in [-0.2, -0.15) is 0 Å². The molecule has 3 unspecified atom stereocenters. The van der Waals surface area contributed by atoms with Crippen LogP contribution in [0.15, 0.2) is 36.8 Å². The predicted molar refractivity (Wildman–Crippen MR) is 93.7 cm³/mol. The number of aromatic nitrogens is 3. The lowest BCUT2D eigenvalue weighted by Crippen LogP contribution is -2.26. The fourth-order valence-corrected chi connectivity index (χ4v) is 3.27. The number of H-pyrrole nitrogens is 1. The van der Waals surface area contributed by atoms with Crippen LogP contribution in [0.2, 0.25) is 5.15 Å². The van der Waals surface area contributed by atoms with Gasteiger partial charge in [0.15, 0.2) is 11.6 Å². The Bertz CT molecular complexity index is 890. The zero-order chi connectivity index (χ0) is 18.7. The van der Waals surface area contributed by atoms with E-state index in [9.17, 15) is 19.0 Å². The van der Waals surface area contributed by atoms with E-state index < -0.39 is 23.8 Å². The molecule has 138 valence electrons. The van der Waals surface area contributed by atoms with Gasteiger partial charge in [-0.25, -0.2) is 18.7 Å². The third-order valence-electron chi connectivity index (χ3n) is 4.50. The van der Waals surface area contributed by atoms with E-state index in [1.807, 2.05) is 6.07 Å². The summed E-state index contributed by atoms with van der Waals surface area (Å²) in [6.45, 7) is 0. The molecule has 0 amide bonds. The number of aliphatic hydroxyl groups excluding tert-OH is 2. The first kappa shape index (κ1) is 18.7. The Morgan fingerprint density at radius 2 is 1.92 bits per heavy atom. The minimum absolute atomic E-state index is 0.0696. The molecule has 0 saturated heterocycles. The number of aromatic amines is 1. The number of rotatable bonds is 2. The molecule has 8 heteroatoms. The van der Waals surface area contributed by atoms with Gasteiger partial charge in [-0.05, 0) is 48.9 Å². The van der Waals surface area contributed by atoms with Gasteiger partial charge in [0.05, 0.1) is 17.6 Å². The highest BCUT2D eigenvalue weighted by Gasteiger charge is 2.33. The second-order valence-electron chi connectivity index (χ2n) is 6.25. The van der Waals surface area contributed by atoms with Crippen molar-refractivity contribution in [2.24, 2.45) is 5.92 Å². The quantitative estimate of drug-likeness (QED) is 0.595. The van der Waals surface area contributed by atoms with Crippen molar-refractivity contribution in [3.63, 3.8) is 0 Å². The summed E-state index contributed by atoms with van der Waals surface area (Å²) in [6, 6.07) is 5.59. The number of aliphatic hydroxyl groups is 2. The molecule has 3 atom stereocenters. The van der Waals surface area contributed by atoms with E-state index >= 15 is 0 Å². The van der Waals surface area contributed by atoms with Crippen LogP contribution in [0.4, 0.5) is 8.78 Å². The fraction of sp³-hybridized carbons (Fsp3) is 0.333. The Labute approximate surface area is 153 Å². The normalized spacial score (nSPS) is 22.3. The number of hydrogen-bond acceptors (Lipinski definition) is 4. The second-order valence-corrected chi connectivity index (χ2v) is 6.61. The van der Waals surface area contributed by atoms with Crippen LogP contribution in [0.5, 0.6) is 0 Å². The van der Waals surface area contributed by atoms with Gasteiger partial charge in [0.2, 0.25) is 0 Å². The van der Waals surface area contributed by atoms with E-state index in [-0.39, 0.29) is 5.92 Å². The summed E-state index contributed by atoms with van der Waals surface area (Å²) in [7, 11) is 0. The van der Waals surface area contributed by atoms with E-state index in [0.717, 1.165) is 23.2 Å². The fourth-order valence-electron chi connectivity index (χ4n) is 3.07. The van der Waals surface area contributed by atoms with Gasteiger partial charge in [-0.15, -0.1) is 0 Å². The number of halogens is 3. The topological polar surface area (TPSA) is 82.0 Å². The van der Waals surface area contributed by atoms with Gasteiger partial charge in [-0.3, -0.25) is 0 Å². The SMILES string of the molecule is Clc1ncnc2[nH]ccc12.OC1CCC(Cc2ccc(F)c(F)c2)C1O. The second kappa shape index (κ2) is 8.07. The van der Waals surface area contributed by atoms with Crippen LogP contribution >= 0.6 is 11.6 Å². The van der Waals surface area contributed by atoms with Gasteiger partial charge < -0.3 is 15.2 Å². The van der Waals surface area contributed by atoms with Crippen LogP contribution < -0.4 is 0 Å². The molecule has 2 heterocycles. The Morgan fingerprint density at radius 1 is 1.12 bits per heavy atom. The van der Waals surface area contributed by atoms with Crippen molar-refractivity contribution in [2.75, 3.05) is 0 Å².